The summed E-state index contributed by atoms with van der Waals surface area (Å²) in [6, 6.07) is 0. The highest BCUT2D eigenvalue weighted by molar-refractivity contribution is 5.65. The first-order valence-corrected chi connectivity index (χ1v) is 5.30. The van der Waals surface area contributed by atoms with Crippen molar-refractivity contribution in [2.24, 2.45) is 5.92 Å². The lowest BCUT2D eigenvalue weighted by molar-refractivity contribution is -0.141. The lowest BCUT2D eigenvalue weighted by Gasteiger charge is -2.09. The summed E-state index contributed by atoms with van der Waals surface area (Å²) in [6.07, 6.45) is 6.07. The number of carbonyl (C=O) groups excluding carboxylic acids is 1. The normalized spacial score (nSPS) is 12.5. The number of esters is 1. The van der Waals surface area contributed by atoms with Crippen LogP contribution < -0.4 is 0 Å². The van der Waals surface area contributed by atoms with Gasteiger partial charge in [0.15, 0.2) is 0 Å². The molecule has 0 aromatic heterocycles. The van der Waals surface area contributed by atoms with Gasteiger partial charge in [-0.1, -0.05) is 33.1 Å². The summed E-state index contributed by atoms with van der Waals surface area (Å²) in [5.74, 6) is 0.608. The number of rotatable bonds is 7. The van der Waals surface area contributed by atoms with Gasteiger partial charge in [-0.2, -0.15) is 0 Å². The Hall–Kier alpha value is -0.530. The SMILES string of the molecule is CCCCC(C)CCCOC(C)=O. The van der Waals surface area contributed by atoms with E-state index in [1.807, 2.05) is 0 Å². The zero-order valence-corrected chi connectivity index (χ0v) is 9.14. The molecular formula is C11H22O2. The number of unbranched alkanes of at least 4 members (excludes halogenated alkanes) is 1. The lowest BCUT2D eigenvalue weighted by atomic mass is 9.99. The first-order valence-electron chi connectivity index (χ1n) is 5.30. The van der Waals surface area contributed by atoms with Gasteiger partial charge in [0.25, 0.3) is 0 Å². The Labute approximate surface area is 81.7 Å². The first-order chi connectivity index (χ1) is 6.16. The van der Waals surface area contributed by atoms with Crippen LogP contribution in [0.1, 0.15) is 52.9 Å². The van der Waals surface area contributed by atoms with Crippen molar-refractivity contribution in [3.63, 3.8) is 0 Å². The minimum atomic E-state index is -0.166. The van der Waals surface area contributed by atoms with E-state index in [1.54, 1.807) is 0 Å². The van der Waals surface area contributed by atoms with E-state index < -0.39 is 0 Å². The molecule has 1 atom stereocenters. The molecule has 0 saturated heterocycles. The van der Waals surface area contributed by atoms with Gasteiger partial charge in [0.2, 0.25) is 0 Å². The van der Waals surface area contributed by atoms with E-state index in [0.717, 1.165) is 12.3 Å². The van der Waals surface area contributed by atoms with Crippen LogP contribution in [0, 0.1) is 5.92 Å². The van der Waals surface area contributed by atoms with Crippen LogP contribution in [0.5, 0.6) is 0 Å². The van der Waals surface area contributed by atoms with Gasteiger partial charge in [0.1, 0.15) is 0 Å². The van der Waals surface area contributed by atoms with Crippen LogP contribution in [0.25, 0.3) is 0 Å². The van der Waals surface area contributed by atoms with Crippen molar-refractivity contribution in [1.29, 1.82) is 0 Å². The molecule has 0 bridgehead atoms. The van der Waals surface area contributed by atoms with Gasteiger partial charge < -0.3 is 4.74 Å². The Morgan fingerprint density at radius 2 is 1.92 bits per heavy atom. The molecule has 1 unspecified atom stereocenters. The fraction of sp³-hybridized carbons (Fsp3) is 0.909. The summed E-state index contributed by atoms with van der Waals surface area (Å²) in [4.78, 5) is 10.4. The van der Waals surface area contributed by atoms with E-state index >= 15 is 0 Å². The first kappa shape index (κ1) is 12.5. The Kier molecular flexibility index (Phi) is 7.76. The number of hydrogen-bond acceptors (Lipinski definition) is 2. The molecule has 2 nitrogen and oxygen atoms in total. The summed E-state index contributed by atoms with van der Waals surface area (Å²) in [5, 5.41) is 0. The van der Waals surface area contributed by atoms with Crippen LogP contribution in [0.15, 0.2) is 0 Å². The summed E-state index contributed by atoms with van der Waals surface area (Å²) in [6.45, 7) is 6.53. The van der Waals surface area contributed by atoms with Crippen LogP contribution in [0.3, 0.4) is 0 Å². The van der Waals surface area contributed by atoms with Crippen molar-refractivity contribution in [3.8, 4) is 0 Å². The highest BCUT2D eigenvalue weighted by Crippen LogP contribution is 2.13. The van der Waals surface area contributed by atoms with Crippen LogP contribution in [-0.2, 0) is 9.53 Å². The molecule has 0 rings (SSSR count). The Morgan fingerprint density at radius 1 is 1.31 bits per heavy atom. The van der Waals surface area contributed by atoms with E-state index in [0.29, 0.717) is 6.61 Å². The van der Waals surface area contributed by atoms with Gasteiger partial charge in [-0.15, -0.1) is 0 Å². The standard InChI is InChI=1S/C11H22O2/c1-4-5-7-10(2)8-6-9-13-11(3)12/h10H,4-9H2,1-3H3. The maximum Gasteiger partial charge on any atom is 0.302 e. The van der Waals surface area contributed by atoms with Crippen molar-refractivity contribution in [1.82, 2.24) is 0 Å². The van der Waals surface area contributed by atoms with Gasteiger partial charge >= 0.3 is 5.97 Å². The molecule has 2 heteroatoms. The molecule has 0 aromatic carbocycles. The number of carbonyl (C=O) groups is 1. The molecule has 78 valence electrons. The van der Waals surface area contributed by atoms with Crippen molar-refractivity contribution in [3.05, 3.63) is 0 Å². The second kappa shape index (κ2) is 8.09. The Balaban J connectivity index is 3.16. The zero-order chi connectivity index (χ0) is 10.1. The van der Waals surface area contributed by atoms with Gasteiger partial charge in [-0.3, -0.25) is 4.79 Å². The third-order valence-electron chi connectivity index (χ3n) is 2.20. The van der Waals surface area contributed by atoms with Crippen molar-refractivity contribution in [2.75, 3.05) is 6.61 Å². The third kappa shape index (κ3) is 9.38. The predicted octanol–water partition coefficient (Wildman–Crippen LogP) is 3.16. The second-order valence-corrected chi connectivity index (χ2v) is 3.73. The van der Waals surface area contributed by atoms with Crippen molar-refractivity contribution in [2.45, 2.75) is 52.9 Å². The average molecular weight is 186 g/mol. The molecule has 0 fully saturated rings. The van der Waals surface area contributed by atoms with Gasteiger partial charge in [-0.25, -0.2) is 0 Å². The van der Waals surface area contributed by atoms with E-state index in [-0.39, 0.29) is 5.97 Å². The molecule has 0 aromatic rings. The highest BCUT2D eigenvalue weighted by Gasteiger charge is 2.01. The van der Waals surface area contributed by atoms with Crippen LogP contribution in [0.2, 0.25) is 0 Å². The van der Waals surface area contributed by atoms with E-state index in [1.165, 1.54) is 32.6 Å². The second-order valence-electron chi connectivity index (χ2n) is 3.73. The third-order valence-corrected chi connectivity index (χ3v) is 2.20. The molecule has 0 aliphatic rings. The van der Waals surface area contributed by atoms with Crippen LogP contribution in [0.4, 0.5) is 0 Å². The zero-order valence-electron chi connectivity index (χ0n) is 9.14. The summed E-state index contributed by atoms with van der Waals surface area (Å²) < 4.78 is 4.86. The molecule has 0 aliphatic heterocycles. The molecule has 0 saturated carbocycles. The van der Waals surface area contributed by atoms with Gasteiger partial charge in [-0.05, 0) is 18.8 Å². The molecule has 0 aliphatic carbocycles. The largest absolute Gasteiger partial charge is 0.466 e. The molecule has 0 N–H and O–H groups in total. The summed E-state index contributed by atoms with van der Waals surface area (Å²) in [7, 11) is 0. The number of ether oxygens (including phenoxy) is 1. The smallest absolute Gasteiger partial charge is 0.302 e. The Bertz CT molecular complexity index is 132. The highest BCUT2D eigenvalue weighted by atomic mass is 16.5. The van der Waals surface area contributed by atoms with E-state index in [2.05, 4.69) is 13.8 Å². The molecule has 0 heterocycles. The van der Waals surface area contributed by atoms with Gasteiger partial charge in [0, 0.05) is 6.92 Å². The molecule has 0 radical (unpaired) electrons. The van der Waals surface area contributed by atoms with E-state index in [4.69, 9.17) is 4.74 Å². The van der Waals surface area contributed by atoms with E-state index in [9.17, 15) is 4.79 Å². The molecule has 0 spiro atoms. The minimum Gasteiger partial charge on any atom is -0.466 e. The van der Waals surface area contributed by atoms with Gasteiger partial charge in [0.05, 0.1) is 6.61 Å². The monoisotopic (exact) mass is 186 g/mol. The molecule has 13 heavy (non-hydrogen) atoms. The van der Waals surface area contributed by atoms with Crippen molar-refractivity contribution < 1.29 is 9.53 Å². The maximum absolute atomic E-state index is 10.4. The average Bonchev–Trinajstić information content (AvgIpc) is 2.08. The van der Waals surface area contributed by atoms with Crippen LogP contribution >= 0.6 is 0 Å². The van der Waals surface area contributed by atoms with Crippen molar-refractivity contribution >= 4 is 5.97 Å². The predicted molar refractivity (Wildman–Crippen MR) is 54.6 cm³/mol. The Morgan fingerprint density at radius 3 is 2.46 bits per heavy atom. The van der Waals surface area contributed by atoms with Crippen LogP contribution in [-0.4, -0.2) is 12.6 Å². The summed E-state index contributed by atoms with van der Waals surface area (Å²) in [5.41, 5.74) is 0. The lowest BCUT2D eigenvalue weighted by Crippen LogP contribution is -2.03. The fourth-order valence-corrected chi connectivity index (χ4v) is 1.34. The molecular weight excluding hydrogens is 164 g/mol. The molecule has 0 amide bonds. The number of hydrogen-bond donors (Lipinski definition) is 0. The maximum atomic E-state index is 10.4. The summed E-state index contributed by atoms with van der Waals surface area (Å²) >= 11 is 0. The quantitative estimate of drug-likeness (QED) is 0.451. The minimum absolute atomic E-state index is 0.166. The topological polar surface area (TPSA) is 26.3 Å². The fourth-order valence-electron chi connectivity index (χ4n) is 1.34.